The van der Waals surface area contributed by atoms with Crippen LogP contribution in [0.25, 0.3) is 0 Å². The molecule has 4 amide bonds. The standard InChI is InChI=1S/C36H54N4O6/c41-35-37(17-43-29-13-21-1-5-25(29)9-21)33-34(39(35)19-45-31-15-23-3-7-27(31)11-23)40(20-46-32-16-24-4-8-28(32)12-24)36(42)38(33)18-44-30-14-22-2-6-26(30)10-22/h21-34H,1-20H2. The molecule has 8 saturated carbocycles. The Labute approximate surface area is 273 Å². The minimum atomic E-state index is -0.482. The second kappa shape index (κ2) is 11.5. The highest BCUT2D eigenvalue weighted by molar-refractivity contribution is 5.85. The number of urea groups is 2. The number of rotatable bonds is 12. The maximum atomic E-state index is 14.4. The summed E-state index contributed by atoms with van der Waals surface area (Å²) < 4.78 is 26.3. The fraction of sp³-hybridized carbons (Fsp3) is 0.944. The Balaban J connectivity index is 0.907. The van der Waals surface area contributed by atoms with Crippen molar-refractivity contribution in [2.75, 3.05) is 26.9 Å². The smallest absolute Gasteiger partial charge is 0.327 e. The molecule has 46 heavy (non-hydrogen) atoms. The van der Waals surface area contributed by atoms with Crippen LogP contribution in [0.1, 0.15) is 103 Å². The molecule has 8 bridgehead atoms. The Hall–Kier alpha value is -1.62. The largest absolute Gasteiger partial charge is 0.357 e. The van der Waals surface area contributed by atoms with Crippen LogP contribution in [0.4, 0.5) is 9.59 Å². The Kier molecular flexibility index (Phi) is 7.32. The van der Waals surface area contributed by atoms with Gasteiger partial charge in [0, 0.05) is 0 Å². The van der Waals surface area contributed by atoms with Crippen molar-refractivity contribution in [3.63, 3.8) is 0 Å². The van der Waals surface area contributed by atoms with Gasteiger partial charge in [0.1, 0.15) is 26.9 Å². The number of carbonyl (C=O) groups excluding carboxylic acids is 2. The molecule has 0 N–H and O–H groups in total. The molecule has 0 aromatic carbocycles. The van der Waals surface area contributed by atoms with Gasteiger partial charge < -0.3 is 18.9 Å². The summed E-state index contributed by atoms with van der Waals surface area (Å²) >= 11 is 0. The van der Waals surface area contributed by atoms with Gasteiger partial charge in [-0.2, -0.15) is 0 Å². The van der Waals surface area contributed by atoms with E-state index in [1.807, 2.05) is 19.6 Å². The van der Waals surface area contributed by atoms with Crippen LogP contribution in [0.5, 0.6) is 0 Å². The first-order valence-electron chi connectivity index (χ1n) is 19.2. The van der Waals surface area contributed by atoms with Crippen LogP contribution >= 0.6 is 0 Å². The van der Waals surface area contributed by atoms with Gasteiger partial charge in [-0.1, -0.05) is 0 Å². The van der Waals surface area contributed by atoms with Crippen molar-refractivity contribution in [2.45, 2.75) is 139 Å². The molecular formula is C36H54N4O6. The van der Waals surface area contributed by atoms with Crippen molar-refractivity contribution >= 4 is 12.1 Å². The first kappa shape index (κ1) is 29.3. The predicted octanol–water partition coefficient (Wildman–Crippen LogP) is 5.76. The Bertz CT molecular complexity index is 1030. The van der Waals surface area contributed by atoms with Gasteiger partial charge in [-0.05, 0) is 150 Å². The van der Waals surface area contributed by atoms with E-state index in [4.69, 9.17) is 18.9 Å². The van der Waals surface area contributed by atoms with Crippen LogP contribution < -0.4 is 0 Å². The zero-order chi connectivity index (χ0) is 30.5. The van der Waals surface area contributed by atoms with E-state index in [0.29, 0.717) is 23.7 Å². The fourth-order valence-corrected chi connectivity index (χ4v) is 12.6. The van der Waals surface area contributed by atoms with Gasteiger partial charge in [-0.15, -0.1) is 0 Å². The molecule has 10 nitrogen and oxygen atoms in total. The number of hydrogen-bond donors (Lipinski definition) is 0. The summed E-state index contributed by atoms with van der Waals surface area (Å²) in [6, 6.07) is -0.188. The molecule has 2 saturated heterocycles. The van der Waals surface area contributed by atoms with E-state index in [1.165, 1.54) is 77.0 Å². The monoisotopic (exact) mass is 638 g/mol. The minimum Gasteiger partial charge on any atom is -0.357 e. The average molecular weight is 639 g/mol. The zero-order valence-electron chi connectivity index (χ0n) is 27.5. The number of fused-ring (bicyclic) bond motifs is 9. The van der Waals surface area contributed by atoms with E-state index in [0.717, 1.165) is 49.4 Å². The summed E-state index contributed by atoms with van der Waals surface area (Å²) in [7, 11) is 0. The number of ether oxygens (including phenoxy) is 4. The first-order chi connectivity index (χ1) is 22.6. The third-order valence-electron chi connectivity index (χ3n) is 14.9. The van der Waals surface area contributed by atoms with Crippen LogP contribution in [-0.4, -0.2) is 95.3 Å². The quantitative estimate of drug-likeness (QED) is 0.270. The summed E-state index contributed by atoms with van der Waals surface area (Å²) in [5.41, 5.74) is 0. The van der Waals surface area contributed by atoms with Crippen molar-refractivity contribution in [3.8, 4) is 0 Å². The van der Waals surface area contributed by atoms with E-state index >= 15 is 0 Å². The van der Waals surface area contributed by atoms with E-state index in [9.17, 15) is 9.59 Å². The second-order valence-electron chi connectivity index (χ2n) is 17.3. The van der Waals surface area contributed by atoms with Crippen LogP contribution in [0.3, 0.4) is 0 Å². The lowest BCUT2D eigenvalue weighted by molar-refractivity contribution is -0.0869. The van der Waals surface area contributed by atoms with Gasteiger partial charge in [-0.25, -0.2) is 9.59 Å². The number of amides is 4. The molecule has 10 fully saturated rings. The summed E-state index contributed by atoms with van der Waals surface area (Å²) in [6.07, 6.45) is 19.4. The normalized spacial score (nSPS) is 48.1. The van der Waals surface area contributed by atoms with Gasteiger partial charge >= 0.3 is 12.1 Å². The van der Waals surface area contributed by atoms with Gasteiger partial charge in [-0.3, -0.25) is 19.6 Å². The van der Waals surface area contributed by atoms with Crippen LogP contribution in [0, 0.1) is 47.3 Å². The van der Waals surface area contributed by atoms with Crippen molar-refractivity contribution in [3.05, 3.63) is 0 Å². The molecule has 10 aliphatic rings. The first-order valence-corrected chi connectivity index (χ1v) is 19.2. The Morgan fingerprint density at radius 1 is 0.391 bits per heavy atom. The van der Waals surface area contributed by atoms with Gasteiger partial charge in [0.2, 0.25) is 0 Å². The molecule has 10 rings (SSSR count). The SMILES string of the molecule is O=C1N(COC2CC3CCC2C3)C2C(N1COC1CC3CCC1C3)N(COC1CC3CCC1C3)C(=O)N2COC1CC2CCC1C2. The summed E-state index contributed by atoms with van der Waals surface area (Å²) in [4.78, 5) is 36.1. The second-order valence-corrected chi connectivity index (χ2v) is 17.3. The molecule has 0 aromatic heterocycles. The zero-order valence-corrected chi connectivity index (χ0v) is 27.5. The van der Waals surface area contributed by atoms with Gasteiger partial charge in [0.25, 0.3) is 0 Å². The maximum absolute atomic E-state index is 14.4. The Morgan fingerprint density at radius 2 is 0.652 bits per heavy atom. The van der Waals surface area contributed by atoms with Crippen molar-refractivity contribution in [1.29, 1.82) is 0 Å². The molecule has 12 atom stereocenters. The molecule has 0 radical (unpaired) electrons. The molecule has 8 aliphatic carbocycles. The van der Waals surface area contributed by atoms with E-state index in [-0.39, 0.29) is 63.4 Å². The molecular weight excluding hydrogens is 584 g/mol. The van der Waals surface area contributed by atoms with Crippen LogP contribution in [-0.2, 0) is 18.9 Å². The number of hydrogen-bond acceptors (Lipinski definition) is 6. The van der Waals surface area contributed by atoms with E-state index in [1.54, 1.807) is 0 Å². The highest BCUT2D eigenvalue weighted by Crippen LogP contribution is 2.50. The predicted molar refractivity (Wildman–Crippen MR) is 166 cm³/mol. The lowest BCUT2D eigenvalue weighted by Gasteiger charge is -2.33. The number of nitrogens with zero attached hydrogens (tertiary/aromatic N) is 4. The Morgan fingerprint density at radius 3 is 0.848 bits per heavy atom. The molecule has 12 unspecified atom stereocenters. The third kappa shape index (κ3) is 4.85. The summed E-state index contributed by atoms with van der Waals surface area (Å²) in [5.74, 6) is 5.47. The molecule has 0 aromatic rings. The minimum absolute atomic E-state index is 0.0938. The van der Waals surface area contributed by atoms with E-state index in [2.05, 4.69) is 0 Å². The summed E-state index contributed by atoms with van der Waals surface area (Å²) in [6.45, 7) is 0.823. The highest BCUT2D eigenvalue weighted by atomic mass is 16.5. The molecule has 0 spiro atoms. The van der Waals surface area contributed by atoms with Crippen molar-refractivity contribution in [2.24, 2.45) is 47.3 Å². The van der Waals surface area contributed by atoms with Crippen LogP contribution in [0.2, 0.25) is 0 Å². The van der Waals surface area contributed by atoms with Crippen molar-refractivity contribution in [1.82, 2.24) is 19.6 Å². The third-order valence-corrected chi connectivity index (χ3v) is 14.9. The molecule has 2 aliphatic heterocycles. The van der Waals surface area contributed by atoms with E-state index < -0.39 is 12.3 Å². The molecule has 2 heterocycles. The topological polar surface area (TPSA) is 84.0 Å². The maximum Gasteiger partial charge on any atom is 0.327 e. The lowest BCUT2D eigenvalue weighted by Crippen LogP contribution is -2.50. The lowest BCUT2D eigenvalue weighted by atomic mass is 9.98. The van der Waals surface area contributed by atoms with Crippen molar-refractivity contribution < 1.29 is 28.5 Å². The molecule has 254 valence electrons. The van der Waals surface area contributed by atoms with Gasteiger partial charge in [0.15, 0.2) is 12.3 Å². The summed E-state index contributed by atoms with van der Waals surface area (Å²) in [5, 5.41) is 0. The van der Waals surface area contributed by atoms with Crippen LogP contribution in [0.15, 0.2) is 0 Å². The fourth-order valence-electron chi connectivity index (χ4n) is 12.6. The number of carbonyl (C=O) groups is 2. The highest BCUT2D eigenvalue weighted by Gasteiger charge is 2.60. The average Bonchev–Trinajstić information content (AvgIpc) is 3.91. The van der Waals surface area contributed by atoms with Gasteiger partial charge in [0.05, 0.1) is 24.4 Å². The molecule has 10 heteroatoms.